The van der Waals surface area contributed by atoms with Gasteiger partial charge in [0.2, 0.25) is 0 Å². The Bertz CT molecular complexity index is 1430. The fourth-order valence-electron chi connectivity index (χ4n) is 4.10. The number of rotatable bonds is 6. The normalized spacial score (nSPS) is 14.3. The third-order valence-corrected chi connectivity index (χ3v) is 5.84. The van der Waals surface area contributed by atoms with Crippen LogP contribution in [0, 0.1) is 0 Å². The van der Waals surface area contributed by atoms with Gasteiger partial charge in [-0.3, -0.25) is 19.7 Å². The van der Waals surface area contributed by atoms with E-state index in [-0.39, 0.29) is 41.2 Å². The van der Waals surface area contributed by atoms with Crippen LogP contribution in [0.1, 0.15) is 64.9 Å². The van der Waals surface area contributed by atoms with Crippen LogP contribution in [0.5, 0.6) is 0 Å². The zero-order valence-electron chi connectivity index (χ0n) is 24.5. The molecule has 0 unspecified atom stereocenters. The molecule has 4 rings (SSSR count). The van der Waals surface area contributed by atoms with E-state index in [9.17, 15) is 19.2 Å². The van der Waals surface area contributed by atoms with E-state index in [1.165, 1.54) is 15.6 Å². The van der Waals surface area contributed by atoms with Crippen molar-refractivity contribution in [1.29, 1.82) is 0 Å². The molecular weight excluding hydrogens is 548 g/mol. The number of imidazole rings is 1. The summed E-state index contributed by atoms with van der Waals surface area (Å²) in [6.45, 7) is 10.9. The van der Waals surface area contributed by atoms with E-state index in [0.717, 1.165) is 19.2 Å². The quantitative estimate of drug-likeness (QED) is 0.439. The van der Waals surface area contributed by atoms with E-state index >= 15 is 0 Å². The van der Waals surface area contributed by atoms with Gasteiger partial charge >= 0.3 is 12.2 Å². The molecule has 15 heteroatoms. The molecule has 42 heavy (non-hydrogen) atoms. The van der Waals surface area contributed by atoms with E-state index < -0.39 is 29.3 Å². The molecule has 15 nitrogen and oxygen atoms in total. The van der Waals surface area contributed by atoms with Crippen LogP contribution >= 0.6 is 0 Å². The summed E-state index contributed by atoms with van der Waals surface area (Å²) in [5, 5.41) is 2.96. The zero-order chi connectivity index (χ0) is 30.7. The third-order valence-electron chi connectivity index (χ3n) is 5.84. The fraction of sp³-hybridized carbons (Fsp3) is 0.519. The maximum Gasteiger partial charge on any atom is 0.425 e. The summed E-state index contributed by atoms with van der Waals surface area (Å²) in [4.78, 5) is 65.3. The first kappa shape index (κ1) is 30.4. The van der Waals surface area contributed by atoms with Crippen molar-refractivity contribution >= 4 is 41.0 Å². The molecule has 0 aromatic carbocycles. The average molecular weight is 585 g/mol. The van der Waals surface area contributed by atoms with Crippen molar-refractivity contribution in [2.24, 2.45) is 0 Å². The van der Waals surface area contributed by atoms with Crippen molar-refractivity contribution in [1.82, 2.24) is 29.5 Å². The second kappa shape index (κ2) is 12.1. The van der Waals surface area contributed by atoms with Crippen LogP contribution in [0.4, 0.5) is 15.4 Å². The first-order chi connectivity index (χ1) is 19.7. The summed E-state index contributed by atoms with van der Waals surface area (Å²) in [5.41, 5.74) is 1.36. The first-order valence-corrected chi connectivity index (χ1v) is 13.5. The highest BCUT2D eigenvalue weighted by atomic mass is 16.6. The number of fused-ring (bicyclic) bond motifs is 1. The monoisotopic (exact) mass is 584 g/mol. The number of nitrogens with zero attached hydrogens (tertiary/aromatic N) is 6. The highest BCUT2D eigenvalue weighted by Gasteiger charge is 2.35. The number of hydrogen-bond acceptors (Lipinski definition) is 10. The fourth-order valence-corrected chi connectivity index (χ4v) is 4.10. The standard InChI is InChI=1S/C27H36N8O7/c1-26(2,3)41-24(38)35(25(39)42-27(4,5)6)22-20-21(28-15-29-22)33(16-30-20)14-19(36)32-34-11-7-8-18(34)23(37)31-17-9-12-40-13-10-17/h7-8,11,15-17H,9-10,12-14H2,1-6H3,(H,31,37)(H,32,36). The van der Waals surface area contributed by atoms with Crippen LogP contribution in [0.2, 0.25) is 0 Å². The Morgan fingerprint density at radius 1 is 1.00 bits per heavy atom. The van der Waals surface area contributed by atoms with Gasteiger partial charge in [-0.25, -0.2) is 24.5 Å². The minimum Gasteiger partial charge on any atom is -0.443 e. The van der Waals surface area contributed by atoms with Gasteiger partial charge in [-0.15, -0.1) is 0 Å². The van der Waals surface area contributed by atoms with Gasteiger partial charge in [0.15, 0.2) is 17.0 Å². The highest BCUT2D eigenvalue weighted by molar-refractivity contribution is 6.12. The summed E-state index contributed by atoms with van der Waals surface area (Å²) in [7, 11) is 0. The van der Waals surface area contributed by atoms with Crippen LogP contribution in [0.3, 0.4) is 0 Å². The van der Waals surface area contributed by atoms with Gasteiger partial charge in [0.25, 0.3) is 11.8 Å². The Kier molecular flexibility index (Phi) is 8.80. The van der Waals surface area contributed by atoms with Gasteiger partial charge in [0.1, 0.15) is 29.8 Å². The molecule has 4 amide bonds. The number of ether oxygens (including phenoxy) is 3. The summed E-state index contributed by atoms with van der Waals surface area (Å²) < 4.78 is 19.0. The largest absolute Gasteiger partial charge is 0.443 e. The Balaban J connectivity index is 1.54. The second-order valence-electron chi connectivity index (χ2n) is 11.7. The van der Waals surface area contributed by atoms with Crippen molar-refractivity contribution in [3.8, 4) is 0 Å². The predicted octanol–water partition coefficient (Wildman–Crippen LogP) is 2.98. The average Bonchev–Trinajstić information content (AvgIpc) is 3.50. The lowest BCUT2D eigenvalue weighted by Crippen LogP contribution is -2.44. The molecule has 0 aliphatic carbocycles. The van der Waals surface area contributed by atoms with Gasteiger partial charge in [0, 0.05) is 25.5 Å². The van der Waals surface area contributed by atoms with Crippen molar-refractivity contribution in [3.63, 3.8) is 0 Å². The van der Waals surface area contributed by atoms with Crippen LogP contribution in [-0.4, -0.2) is 78.7 Å². The number of carbonyl (C=O) groups excluding carboxylic acids is 4. The van der Waals surface area contributed by atoms with Crippen LogP contribution in [-0.2, 0) is 25.5 Å². The number of amides is 4. The van der Waals surface area contributed by atoms with E-state index in [1.807, 2.05) is 0 Å². The van der Waals surface area contributed by atoms with Gasteiger partial charge in [-0.05, 0) is 66.5 Å². The van der Waals surface area contributed by atoms with E-state index in [2.05, 4.69) is 25.7 Å². The molecule has 0 radical (unpaired) electrons. The Morgan fingerprint density at radius 3 is 2.26 bits per heavy atom. The lowest BCUT2D eigenvalue weighted by Gasteiger charge is -2.28. The molecule has 3 aromatic rings. The molecule has 0 spiro atoms. The molecule has 226 valence electrons. The molecular formula is C27H36N8O7. The minimum absolute atomic E-state index is 0.00239. The van der Waals surface area contributed by atoms with Crippen LogP contribution in [0.15, 0.2) is 31.0 Å². The van der Waals surface area contributed by atoms with Crippen LogP contribution in [0.25, 0.3) is 11.2 Å². The Labute approximate surface area is 242 Å². The SMILES string of the molecule is CC(C)(C)OC(=O)N(C(=O)OC(C)(C)C)c1ncnc2c1ncn2CC(=O)Nn1cccc1C(=O)NC1CCOCC1. The minimum atomic E-state index is -1.01. The number of hydrogen-bond donors (Lipinski definition) is 2. The number of nitrogens with one attached hydrogen (secondary N) is 2. The molecule has 4 heterocycles. The molecule has 0 saturated carbocycles. The number of anilines is 1. The molecule has 0 atom stereocenters. The van der Waals surface area contributed by atoms with E-state index in [1.54, 1.807) is 59.9 Å². The van der Waals surface area contributed by atoms with Crippen molar-refractivity contribution < 1.29 is 33.4 Å². The number of aromatic nitrogens is 5. The summed E-state index contributed by atoms with van der Waals surface area (Å²) in [6.07, 6.45) is 3.44. The molecule has 1 aliphatic heterocycles. The number of carbonyl (C=O) groups is 4. The van der Waals surface area contributed by atoms with Crippen LogP contribution < -0.4 is 15.6 Å². The maximum atomic E-state index is 13.1. The molecule has 1 fully saturated rings. The van der Waals surface area contributed by atoms with Crippen molar-refractivity contribution in [2.75, 3.05) is 23.5 Å². The molecule has 2 N–H and O–H groups in total. The summed E-state index contributed by atoms with van der Waals surface area (Å²) >= 11 is 0. The van der Waals surface area contributed by atoms with Gasteiger partial charge in [-0.1, -0.05) is 0 Å². The highest BCUT2D eigenvalue weighted by Crippen LogP contribution is 2.26. The Hall–Kier alpha value is -4.53. The molecule has 1 saturated heterocycles. The zero-order valence-corrected chi connectivity index (χ0v) is 24.5. The summed E-state index contributed by atoms with van der Waals surface area (Å²) in [5.74, 6) is -0.968. The first-order valence-electron chi connectivity index (χ1n) is 13.5. The number of imide groups is 1. The summed E-state index contributed by atoms with van der Waals surface area (Å²) in [6, 6.07) is 3.24. The van der Waals surface area contributed by atoms with Gasteiger partial charge in [-0.2, -0.15) is 4.90 Å². The molecule has 3 aromatic heterocycles. The van der Waals surface area contributed by atoms with E-state index in [4.69, 9.17) is 14.2 Å². The Morgan fingerprint density at radius 2 is 1.64 bits per heavy atom. The smallest absolute Gasteiger partial charge is 0.425 e. The second-order valence-corrected chi connectivity index (χ2v) is 11.7. The topological polar surface area (TPSA) is 172 Å². The van der Waals surface area contributed by atoms with Crippen molar-refractivity contribution in [2.45, 2.75) is 78.2 Å². The van der Waals surface area contributed by atoms with Gasteiger partial charge < -0.3 is 24.1 Å². The lowest BCUT2D eigenvalue weighted by atomic mass is 10.1. The molecule has 1 aliphatic rings. The third kappa shape index (κ3) is 7.60. The van der Waals surface area contributed by atoms with E-state index in [0.29, 0.717) is 18.1 Å². The predicted molar refractivity (Wildman–Crippen MR) is 150 cm³/mol. The van der Waals surface area contributed by atoms with Crippen molar-refractivity contribution in [3.05, 3.63) is 36.7 Å². The lowest BCUT2D eigenvalue weighted by molar-refractivity contribution is -0.117. The molecule has 0 bridgehead atoms. The maximum absolute atomic E-state index is 13.1. The van der Waals surface area contributed by atoms with Gasteiger partial charge in [0.05, 0.1) is 6.33 Å².